The van der Waals surface area contributed by atoms with E-state index >= 15 is 0 Å². The smallest absolute Gasteiger partial charge is 0.0607 e. The molecule has 0 saturated carbocycles. The van der Waals surface area contributed by atoms with E-state index in [1.165, 1.54) is 16.3 Å². The van der Waals surface area contributed by atoms with Crippen LogP contribution in [0.15, 0.2) is 41.8 Å². The zero-order valence-electron chi connectivity index (χ0n) is 12.7. The number of thiophene rings is 1. The predicted octanol–water partition coefficient (Wildman–Crippen LogP) is 3.18. The molecule has 0 radical (unpaired) electrons. The third-order valence-corrected chi connectivity index (χ3v) is 5.01. The molecule has 3 rings (SSSR count). The number of anilines is 2. The fourth-order valence-electron chi connectivity index (χ4n) is 2.91. The van der Waals surface area contributed by atoms with Gasteiger partial charge < -0.3 is 15.1 Å². The predicted molar refractivity (Wildman–Crippen MR) is 92.5 cm³/mol. The molecule has 4 heteroatoms. The highest BCUT2D eigenvalue weighted by atomic mass is 32.1. The lowest BCUT2D eigenvalue weighted by Crippen LogP contribution is -2.47. The van der Waals surface area contributed by atoms with Gasteiger partial charge in [0.05, 0.1) is 11.4 Å². The van der Waals surface area contributed by atoms with Crippen LogP contribution in [-0.2, 0) is 6.54 Å². The van der Waals surface area contributed by atoms with Crippen LogP contribution in [0.25, 0.3) is 0 Å². The van der Waals surface area contributed by atoms with Gasteiger partial charge >= 0.3 is 0 Å². The Kier molecular flexibility index (Phi) is 4.46. The first-order valence-electron chi connectivity index (χ1n) is 7.55. The first kappa shape index (κ1) is 14.4. The highest BCUT2D eigenvalue weighted by Gasteiger charge is 2.23. The molecule has 0 spiro atoms. The third kappa shape index (κ3) is 3.22. The lowest BCUT2D eigenvalue weighted by Gasteiger charge is -2.40. The van der Waals surface area contributed by atoms with Crippen LogP contribution < -0.4 is 15.1 Å². The summed E-state index contributed by atoms with van der Waals surface area (Å²) in [5.74, 6) is 0. The topological polar surface area (TPSA) is 18.5 Å². The Morgan fingerprint density at radius 1 is 1.14 bits per heavy atom. The Labute approximate surface area is 131 Å². The number of likely N-dealkylation sites (N-methyl/N-ethyl adjacent to an activating group) is 1. The third-order valence-electron chi connectivity index (χ3n) is 4.13. The first-order chi connectivity index (χ1) is 10.3. The molecule has 1 atom stereocenters. The van der Waals surface area contributed by atoms with E-state index in [0.29, 0.717) is 6.04 Å². The highest BCUT2D eigenvalue weighted by molar-refractivity contribution is 7.09. The summed E-state index contributed by atoms with van der Waals surface area (Å²) in [6.07, 6.45) is 0. The Hall–Kier alpha value is -1.52. The molecule has 112 valence electrons. The Morgan fingerprint density at radius 2 is 1.95 bits per heavy atom. The summed E-state index contributed by atoms with van der Waals surface area (Å²) in [7, 11) is 2.18. The molecule has 1 aliphatic heterocycles. The second-order valence-corrected chi connectivity index (χ2v) is 6.70. The van der Waals surface area contributed by atoms with E-state index in [1.54, 1.807) is 0 Å². The zero-order chi connectivity index (χ0) is 14.7. The van der Waals surface area contributed by atoms with Crippen molar-refractivity contribution in [1.82, 2.24) is 5.32 Å². The molecular formula is C17H23N3S. The molecular weight excluding hydrogens is 278 g/mol. The van der Waals surface area contributed by atoms with Gasteiger partial charge in [0.2, 0.25) is 0 Å². The van der Waals surface area contributed by atoms with E-state index in [1.807, 2.05) is 11.3 Å². The average Bonchev–Trinajstić information content (AvgIpc) is 3.01. The molecule has 1 aliphatic rings. The second-order valence-electron chi connectivity index (χ2n) is 5.66. The number of para-hydroxylation sites is 2. The zero-order valence-corrected chi connectivity index (χ0v) is 13.6. The maximum Gasteiger partial charge on any atom is 0.0607 e. The molecule has 0 bridgehead atoms. The summed E-state index contributed by atoms with van der Waals surface area (Å²) in [6.45, 7) is 6.47. The molecule has 1 unspecified atom stereocenters. The van der Waals surface area contributed by atoms with Crippen LogP contribution in [-0.4, -0.2) is 32.7 Å². The summed E-state index contributed by atoms with van der Waals surface area (Å²) in [6, 6.07) is 13.5. The number of hydrogen-bond acceptors (Lipinski definition) is 4. The van der Waals surface area contributed by atoms with Crippen molar-refractivity contribution in [3.05, 3.63) is 46.7 Å². The van der Waals surface area contributed by atoms with Gasteiger partial charge in [0.25, 0.3) is 0 Å². The molecule has 1 aromatic heterocycles. The molecule has 1 N–H and O–H groups in total. The Balaban J connectivity index is 1.62. The minimum Gasteiger partial charge on any atom is -0.371 e. The average molecular weight is 301 g/mol. The van der Waals surface area contributed by atoms with Gasteiger partial charge in [-0.15, -0.1) is 11.3 Å². The lowest BCUT2D eigenvalue weighted by atomic mass is 10.1. The van der Waals surface area contributed by atoms with Crippen LogP contribution >= 0.6 is 11.3 Å². The van der Waals surface area contributed by atoms with E-state index < -0.39 is 0 Å². The first-order valence-corrected chi connectivity index (χ1v) is 8.43. The molecule has 0 saturated heterocycles. The van der Waals surface area contributed by atoms with Crippen LogP contribution in [0.1, 0.15) is 11.8 Å². The minimum absolute atomic E-state index is 0.500. The minimum atomic E-state index is 0.500. The van der Waals surface area contributed by atoms with Crippen molar-refractivity contribution >= 4 is 22.7 Å². The van der Waals surface area contributed by atoms with Crippen molar-refractivity contribution in [2.45, 2.75) is 19.5 Å². The lowest BCUT2D eigenvalue weighted by molar-refractivity contribution is 0.555. The molecule has 0 aliphatic carbocycles. The van der Waals surface area contributed by atoms with Crippen molar-refractivity contribution in [2.24, 2.45) is 0 Å². The number of rotatable bonds is 5. The summed E-state index contributed by atoms with van der Waals surface area (Å²) in [5, 5.41) is 5.72. The van der Waals surface area contributed by atoms with Gasteiger partial charge in [-0.25, -0.2) is 0 Å². The standard InChI is InChI=1S/C17H23N3S/c1-14(12-18-13-15-6-5-11-21-15)20-10-9-19(2)16-7-3-4-8-17(16)20/h3-8,11,14,18H,9-10,12-13H2,1-2H3. The van der Waals surface area contributed by atoms with E-state index in [9.17, 15) is 0 Å². The fraction of sp³-hybridized carbons (Fsp3) is 0.412. The van der Waals surface area contributed by atoms with Crippen LogP contribution in [0, 0.1) is 0 Å². The SMILES string of the molecule is CC(CNCc1cccs1)N1CCN(C)c2ccccc21. The normalized spacial score (nSPS) is 15.9. The van der Waals surface area contributed by atoms with Crippen LogP contribution in [0.4, 0.5) is 11.4 Å². The van der Waals surface area contributed by atoms with Gasteiger partial charge in [-0.3, -0.25) is 0 Å². The quantitative estimate of drug-likeness (QED) is 0.915. The van der Waals surface area contributed by atoms with Gasteiger partial charge in [-0.05, 0) is 30.5 Å². The van der Waals surface area contributed by atoms with Crippen molar-refractivity contribution in [3.8, 4) is 0 Å². The number of nitrogens with one attached hydrogen (secondary N) is 1. The van der Waals surface area contributed by atoms with Crippen LogP contribution in [0.3, 0.4) is 0 Å². The maximum absolute atomic E-state index is 3.58. The van der Waals surface area contributed by atoms with Gasteiger partial charge in [-0.2, -0.15) is 0 Å². The Bertz CT molecular complexity index is 567. The van der Waals surface area contributed by atoms with E-state index in [4.69, 9.17) is 0 Å². The maximum atomic E-state index is 3.58. The van der Waals surface area contributed by atoms with E-state index in [2.05, 4.69) is 70.9 Å². The summed E-state index contributed by atoms with van der Waals surface area (Å²) in [5.41, 5.74) is 2.70. The van der Waals surface area contributed by atoms with Crippen LogP contribution in [0.5, 0.6) is 0 Å². The van der Waals surface area contributed by atoms with Crippen molar-refractivity contribution < 1.29 is 0 Å². The largest absolute Gasteiger partial charge is 0.371 e. The van der Waals surface area contributed by atoms with Crippen molar-refractivity contribution in [2.75, 3.05) is 36.5 Å². The van der Waals surface area contributed by atoms with Crippen molar-refractivity contribution in [3.63, 3.8) is 0 Å². The summed E-state index contributed by atoms with van der Waals surface area (Å²) >= 11 is 1.82. The summed E-state index contributed by atoms with van der Waals surface area (Å²) < 4.78 is 0. The van der Waals surface area contributed by atoms with E-state index in [-0.39, 0.29) is 0 Å². The number of nitrogens with zero attached hydrogens (tertiary/aromatic N) is 2. The molecule has 2 aromatic rings. The number of benzene rings is 1. The molecule has 21 heavy (non-hydrogen) atoms. The van der Waals surface area contributed by atoms with Crippen molar-refractivity contribution in [1.29, 1.82) is 0 Å². The molecule has 0 fully saturated rings. The van der Waals surface area contributed by atoms with E-state index in [0.717, 1.165) is 26.2 Å². The number of fused-ring (bicyclic) bond motifs is 1. The summed E-state index contributed by atoms with van der Waals surface area (Å²) in [4.78, 5) is 6.27. The number of hydrogen-bond donors (Lipinski definition) is 1. The van der Waals surface area contributed by atoms with Gasteiger partial charge in [0.1, 0.15) is 0 Å². The monoisotopic (exact) mass is 301 g/mol. The van der Waals surface area contributed by atoms with Gasteiger partial charge in [0.15, 0.2) is 0 Å². The molecule has 0 amide bonds. The van der Waals surface area contributed by atoms with Crippen LogP contribution in [0.2, 0.25) is 0 Å². The van der Waals surface area contributed by atoms with Gasteiger partial charge in [-0.1, -0.05) is 18.2 Å². The molecule has 1 aromatic carbocycles. The molecule has 3 nitrogen and oxygen atoms in total. The fourth-order valence-corrected chi connectivity index (χ4v) is 3.59. The Morgan fingerprint density at radius 3 is 2.71 bits per heavy atom. The molecule has 2 heterocycles. The highest BCUT2D eigenvalue weighted by Crippen LogP contribution is 2.32. The van der Waals surface area contributed by atoms with Gasteiger partial charge in [0, 0.05) is 44.1 Å². The second kappa shape index (κ2) is 6.50.